The molecule has 0 radical (unpaired) electrons. The van der Waals surface area contributed by atoms with E-state index in [0.29, 0.717) is 18.9 Å². The highest BCUT2D eigenvalue weighted by atomic mass is 19.1. The van der Waals surface area contributed by atoms with Gasteiger partial charge >= 0.3 is 6.09 Å². The van der Waals surface area contributed by atoms with Crippen LogP contribution in [0, 0.1) is 11.6 Å². The minimum Gasteiger partial charge on any atom is -0.493 e. The number of nitrogens with one attached hydrogen (secondary N) is 2. The Labute approximate surface area is 180 Å². The van der Waals surface area contributed by atoms with E-state index in [2.05, 4.69) is 30.5 Å². The molecule has 0 saturated heterocycles. The zero-order chi connectivity index (χ0) is 22.5. The molecule has 1 aliphatic rings. The lowest BCUT2D eigenvalue weighted by Crippen LogP contribution is -2.49. The molecule has 1 amide bonds. The van der Waals surface area contributed by atoms with Crippen molar-refractivity contribution in [3.05, 3.63) is 64.7 Å². The highest BCUT2D eigenvalue weighted by Crippen LogP contribution is 2.34. The van der Waals surface area contributed by atoms with Crippen LogP contribution in [0.25, 0.3) is 0 Å². The molecular formula is C23H28F2N2O4. The van der Waals surface area contributed by atoms with E-state index < -0.39 is 29.9 Å². The number of amides is 1. The largest absolute Gasteiger partial charge is 0.493 e. The second-order valence-corrected chi connectivity index (χ2v) is 8.16. The van der Waals surface area contributed by atoms with Gasteiger partial charge in [0.2, 0.25) is 0 Å². The van der Waals surface area contributed by atoms with Crippen LogP contribution in [0.3, 0.4) is 0 Å². The average molecular weight is 434 g/mol. The van der Waals surface area contributed by atoms with E-state index >= 15 is 0 Å². The highest BCUT2D eigenvalue weighted by Gasteiger charge is 2.26. The Kier molecular flexibility index (Phi) is 7.46. The van der Waals surface area contributed by atoms with Crippen molar-refractivity contribution < 1.29 is 28.5 Å². The first-order chi connectivity index (χ1) is 14.7. The monoisotopic (exact) mass is 434 g/mol. The summed E-state index contributed by atoms with van der Waals surface area (Å²) in [4.78, 5) is 11.2. The fourth-order valence-corrected chi connectivity index (χ4v) is 3.81. The average Bonchev–Trinajstić information content (AvgIpc) is 2.70. The Morgan fingerprint density at radius 3 is 2.55 bits per heavy atom. The van der Waals surface area contributed by atoms with Crippen molar-refractivity contribution in [2.75, 3.05) is 13.2 Å². The number of carbonyl (C=O) groups is 1. The number of aliphatic hydroxyl groups is 1. The number of aliphatic hydroxyl groups excluding tert-OH is 1. The van der Waals surface area contributed by atoms with Crippen LogP contribution in [0.5, 0.6) is 5.75 Å². The molecule has 0 saturated carbocycles. The fraction of sp³-hybridized carbons (Fsp3) is 0.435. The number of ether oxygens (including phenoxy) is 1. The number of hydrogen-bond acceptors (Lipinski definition) is 4. The van der Waals surface area contributed by atoms with Gasteiger partial charge in [0, 0.05) is 30.6 Å². The minimum absolute atomic E-state index is 0.0499. The van der Waals surface area contributed by atoms with Crippen molar-refractivity contribution in [1.82, 2.24) is 10.6 Å². The number of benzene rings is 2. The molecule has 1 heterocycles. The quantitative estimate of drug-likeness (QED) is 0.508. The van der Waals surface area contributed by atoms with Gasteiger partial charge in [0.1, 0.15) is 17.4 Å². The Morgan fingerprint density at radius 2 is 1.90 bits per heavy atom. The molecule has 2 aromatic carbocycles. The summed E-state index contributed by atoms with van der Waals surface area (Å²) < 4.78 is 32.7. The summed E-state index contributed by atoms with van der Waals surface area (Å²) in [5, 5.41) is 25.4. The predicted molar refractivity (Wildman–Crippen MR) is 112 cm³/mol. The summed E-state index contributed by atoms with van der Waals surface area (Å²) in [6, 6.07) is 8.07. The van der Waals surface area contributed by atoms with Gasteiger partial charge in [0.15, 0.2) is 0 Å². The summed E-state index contributed by atoms with van der Waals surface area (Å²) in [6.07, 6.45) is -1.78. The molecule has 3 atom stereocenters. The Hall–Kier alpha value is -2.71. The number of fused-ring (bicyclic) bond motifs is 1. The maximum Gasteiger partial charge on any atom is 0.404 e. The molecule has 3 rings (SSSR count). The van der Waals surface area contributed by atoms with E-state index in [1.165, 1.54) is 5.56 Å². The van der Waals surface area contributed by atoms with Gasteiger partial charge in [-0.05, 0) is 41.7 Å². The summed E-state index contributed by atoms with van der Waals surface area (Å²) in [6.45, 7) is 4.84. The molecule has 8 heteroatoms. The molecule has 0 unspecified atom stereocenters. The number of rotatable bonds is 8. The van der Waals surface area contributed by atoms with Gasteiger partial charge in [-0.25, -0.2) is 13.6 Å². The fourth-order valence-electron chi connectivity index (χ4n) is 3.81. The maximum atomic E-state index is 13.5. The molecule has 1 aliphatic heterocycles. The molecule has 31 heavy (non-hydrogen) atoms. The first kappa shape index (κ1) is 23.0. The molecule has 0 bridgehead atoms. The van der Waals surface area contributed by atoms with E-state index in [1.54, 1.807) is 0 Å². The van der Waals surface area contributed by atoms with Gasteiger partial charge < -0.3 is 25.6 Å². The smallest absolute Gasteiger partial charge is 0.404 e. The standard InChI is InChI=1S/C23H28F2N2O4/c1-13(2)15-3-4-22-18(10-15)19(5-6-31-22)26-12-21(28)20(27-23(29)30)9-14-7-16(24)11-17(25)8-14/h3-4,7-8,10-11,13,19-21,26-28H,5-6,9,12H2,1-2H3,(H,29,30)/t19-,20-,21-/m0/s1. The lowest BCUT2D eigenvalue weighted by Gasteiger charge is -2.30. The van der Waals surface area contributed by atoms with Crippen LogP contribution in [0.2, 0.25) is 0 Å². The van der Waals surface area contributed by atoms with Gasteiger partial charge in [0.25, 0.3) is 0 Å². The lowest BCUT2D eigenvalue weighted by molar-refractivity contribution is 0.112. The van der Waals surface area contributed by atoms with Crippen molar-refractivity contribution >= 4 is 6.09 Å². The van der Waals surface area contributed by atoms with E-state index in [0.717, 1.165) is 29.5 Å². The molecule has 0 aliphatic carbocycles. The maximum absolute atomic E-state index is 13.5. The van der Waals surface area contributed by atoms with Crippen LogP contribution >= 0.6 is 0 Å². The summed E-state index contributed by atoms with van der Waals surface area (Å²) in [5.74, 6) is -0.361. The summed E-state index contributed by atoms with van der Waals surface area (Å²) in [7, 11) is 0. The summed E-state index contributed by atoms with van der Waals surface area (Å²) in [5.41, 5.74) is 2.43. The van der Waals surface area contributed by atoms with Crippen LogP contribution < -0.4 is 15.4 Å². The Bertz CT molecular complexity index is 902. The first-order valence-corrected chi connectivity index (χ1v) is 10.4. The van der Waals surface area contributed by atoms with Crippen LogP contribution in [-0.2, 0) is 6.42 Å². The molecule has 6 nitrogen and oxygen atoms in total. The SMILES string of the molecule is CC(C)c1ccc2c(c1)[C@@H](NC[C@H](O)[C@H](Cc1cc(F)cc(F)c1)NC(=O)O)CCO2. The molecule has 2 aromatic rings. The highest BCUT2D eigenvalue weighted by molar-refractivity contribution is 5.65. The number of halogens is 2. The molecule has 4 N–H and O–H groups in total. The molecule has 0 aromatic heterocycles. The third kappa shape index (κ3) is 6.15. The van der Waals surface area contributed by atoms with Crippen LogP contribution in [0.15, 0.2) is 36.4 Å². The van der Waals surface area contributed by atoms with Gasteiger partial charge in [-0.15, -0.1) is 0 Å². The molecule has 0 fully saturated rings. The van der Waals surface area contributed by atoms with E-state index in [4.69, 9.17) is 9.84 Å². The second-order valence-electron chi connectivity index (χ2n) is 8.16. The van der Waals surface area contributed by atoms with Gasteiger partial charge in [-0.2, -0.15) is 0 Å². The van der Waals surface area contributed by atoms with Crippen LogP contribution in [0.4, 0.5) is 13.6 Å². The normalized spacial score (nSPS) is 17.5. The van der Waals surface area contributed by atoms with Crippen molar-refractivity contribution in [2.45, 2.75) is 50.8 Å². The predicted octanol–water partition coefficient (Wildman–Crippen LogP) is 3.74. The first-order valence-electron chi connectivity index (χ1n) is 10.4. The molecular weight excluding hydrogens is 406 g/mol. The Morgan fingerprint density at radius 1 is 1.19 bits per heavy atom. The zero-order valence-corrected chi connectivity index (χ0v) is 17.6. The minimum atomic E-state index is -1.32. The summed E-state index contributed by atoms with van der Waals surface area (Å²) >= 11 is 0. The van der Waals surface area contributed by atoms with Crippen LogP contribution in [0.1, 0.15) is 48.9 Å². The van der Waals surface area contributed by atoms with Gasteiger partial charge in [0.05, 0.1) is 18.8 Å². The lowest BCUT2D eigenvalue weighted by atomic mass is 9.94. The third-order valence-corrected chi connectivity index (χ3v) is 5.46. The topological polar surface area (TPSA) is 90.8 Å². The van der Waals surface area contributed by atoms with Crippen molar-refractivity contribution in [2.24, 2.45) is 0 Å². The van der Waals surface area contributed by atoms with E-state index in [-0.39, 0.29) is 24.6 Å². The van der Waals surface area contributed by atoms with Crippen LogP contribution in [-0.4, -0.2) is 41.6 Å². The number of hydrogen-bond donors (Lipinski definition) is 4. The Balaban J connectivity index is 1.70. The van der Waals surface area contributed by atoms with Crippen molar-refractivity contribution in [1.29, 1.82) is 0 Å². The number of carboxylic acid groups (broad SMARTS) is 1. The molecule has 168 valence electrons. The van der Waals surface area contributed by atoms with Crippen molar-refractivity contribution in [3.63, 3.8) is 0 Å². The molecule has 0 spiro atoms. The zero-order valence-electron chi connectivity index (χ0n) is 17.6. The van der Waals surface area contributed by atoms with E-state index in [1.807, 2.05) is 12.1 Å². The van der Waals surface area contributed by atoms with E-state index in [9.17, 15) is 18.7 Å². The van der Waals surface area contributed by atoms with Gasteiger partial charge in [-0.3, -0.25) is 0 Å². The van der Waals surface area contributed by atoms with Crippen molar-refractivity contribution in [3.8, 4) is 5.75 Å². The van der Waals surface area contributed by atoms with Gasteiger partial charge in [-0.1, -0.05) is 26.0 Å². The third-order valence-electron chi connectivity index (χ3n) is 5.46. The second kappa shape index (κ2) is 10.1.